The Morgan fingerprint density at radius 1 is 1.03 bits per heavy atom. The van der Waals surface area contributed by atoms with Crippen molar-refractivity contribution in [3.05, 3.63) is 17.5 Å². The first kappa shape index (κ1) is 22.7. The molecule has 0 saturated carbocycles. The normalized spacial score (nSPS) is 11.8. The molecule has 0 aliphatic heterocycles. The van der Waals surface area contributed by atoms with Gasteiger partial charge < -0.3 is 19.3 Å². The molecular weight excluding hydrogens is 389 g/mol. The molecular formula is C19H25F3N4O3. The smallest absolute Gasteiger partial charge is 0.471 e. The van der Waals surface area contributed by atoms with Gasteiger partial charge in [0, 0.05) is 12.6 Å². The maximum Gasteiger partial charge on any atom is 0.471 e. The van der Waals surface area contributed by atoms with Crippen molar-refractivity contribution in [2.45, 2.75) is 26.4 Å². The van der Waals surface area contributed by atoms with E-state index < -0.39 is 12.1 Å². The summed E-state index contributed by atoms with van der Waals surface area (Å²) < 4.78 is 50.7. The van der Waals surface area contributed by atoms with Gasteiger partial charge in [-0.1, -0.05) is 0 Å². The third-order valence-electron chi connectivity index (χ3n) is 4.45. The molecule has 0 saturated heterocycles. The van der Waals surface area contributed by atoms with Crippen molar-refractivity contribution in [2.75, 3.05) is 46.3 Å². The molecule has 1 heterocycles. The third kappa shape index (κ3) is 4.87. The Hall–Kier alpha value is -2.62. The van der Waals surface area contributed by atoms with Crippen molar-refractivity contribution in [1.29, 1.82) is 0 Å². The molecule has 1 aromatic carbocycles. The van der Waals surface area contributed by atoms with Crippen LogP contribution in [-0.4, -0.2) is 68.4 Å². The Kier molecular flexibility index (Phi) is 6.89. The zero-order chi connectivity index (χ0) is 21.9. The summed E-state index contributed by atoms with van der Waals surface area (Å²) in [6.45, 7) is 3.85. The molecule has 10 heteroatoms. The maximum atomic E-state index is 13.3. The van der Waals surface area contributed by atoms with E-state index in [0.717, 1.165) is 0 Å². The monoisotopic (exact) mass is 414 g/mol. The Morgan fingerprint density at radius 2 is 1.62 bits per heavy atom. The molecule has 0 spiro atoms. The Morgan fingerprint density at radius 3 is 2.10 bits per heavy atom. The molecule has 0 atom stereocenters. The van der Waals surface area contributed by atoms with Gasteiger partial charge in [-0.15, -0.1) is 0 Å². The highest BCUT2D eigenvalue weighted by atomic mass is 19.4. The summed E-state index contributed by atoms with van der Waals surface area (Å²) in [4.78, 5) is 23.6. The number of aromatic nitrogens is 2. The number of hydrogen-bond acceptors (Lipinski definition) is 6. The highest BCUT2D eigenvalue weighted by Crippen LogP contribution is 2.41. The van der Waals surface area contributed by atoms with Crippen molar-refractivity contribution in [1.82, 2.24) is 14.9 Å². The van der Waals surface area contributed by atoms with Crippen LogP contribution in [0.4, 0.5) is 18.9 Å². The Bertz CT molecular complexity index is 901. The first-order chi connectivity index (χ1) is 13.5. The number of anilines is 1. The lowest BCUT2D eigenvalue weighted by molar-refractivity contribution is -0.170. The molecule has 0 aliphatic rings. The molecule has 0 fully saturated rings. The molecule has 1 amide bonds. The summed E-state index contributed by atoms with van der Waals surface area (Å²) >= 11 is 0. The van der Waals surface area contributed by atoms with Crippen LogP contribution < -0.4 is 14.4 Å². The van der Waals surface area contributed by atoms with Crippen LogP contribution in [0.2, 0.25) is 0 Å². The lowest BCUT2D eigenvalue weighted by atomic mass is 10.1. The van der Waals surface area contributed by atoms with Gasteiger partial charge in [0.15, 0.2) is 5.75 Å². The van der Waals surface area contributed by atoms with Gasteiger partial charge in [0.2, 0.25) is 0 Å². The molecule has 0 radical (unpaired) electrons. The largest absolute Gasteiger partial charge is 0.494 e. The number of ether oxygens (including phenoxy) is 2. The third-order valence-corrected chi connectivity index (χ3v) is 4.45. The highest BCUT2D eigenvalue weighted by Gasteiger charge is 2.44. The predicted octanol–water partition coefficient (Wildman–Crippen LogP) is 3.11. The van der Waals surface area contributed by atoms with Crippen LogP contribution >= 0.6 is 0 Å². The van der Waals surface area contributed by atoms with E-state index in [1.165, 1.54) is 20.3 Å². The van der Waals surface area contributed by atoms with E-state index >= 15 is 0 Å². The number of hydrogen-bond donors (Lipinski definition) is 0. The zero-order valence-electron chi connectivity index (χ0n) is 17.3. The summed E-state index contributed by atoms with van der Waals surface area (Å²) in [5.41, 5.74) is 1.77. The molecule has 2 aromatic rings. The van der Waals surface area contributed by atoms with Crippen LogP contribution in [0.3, 0.4) is 0 Å². The number of aryl methyl sites for hydroxylation is 2. The number of rotatable bonds is 7. The number of benzene rings is 1. The number of alkyl halides is 3. The minimum absolute atomic E-state index is 0.0406. The lowest BCUT2D eigenvalue weighted by Crippen LogP contribution is -2.42. The quantitative estimate of drug-likeness (QED) is 0.694. The van der Waals surface area contributed by atoms with Gasteiger partial charge in [-0.2, -0.15) is 13.2 Å². The van der Waals surface area contributed by atoms with Crippen molar-refractivity contribution in [3.8, 4) is 11.5 Å². The molecule has 0 N–H and O–H groups in total. The van der Waals surface area contributed by atoms with Crippen molar-refractivity contribution in [3.63, 3.8) is 0 Å². The van der Waals surface area contributed by atoms with E-state index in [1.807, 2.05) is 4.90 Å². The molecule has 2 rings (SSSR count). The first-order valence-corrected chi connectivity index (χ1v) is 8.94. The highest BCUT2D eigenvalue weighted by molar-refractivity contribution is 6.03. The number of carbonyl (C=O) groups is 1. The fourth-order valence-corrected chi connectivity index (χ4v) is 2.90. The molecule has 0 bridgehead atoms. The lowest BCUT2D eigenvalue weighted by Gasteiger charge is -2.27. The van der Waals surface area contributed by atoms with E-state index in [1.54, 1.807) is 27.9 Å². The average Bonchev–Trinajstić information content (AvgIpc) is 2.63. The van der Waals surface area contributed by atoms with Gasteiger partial charge in [-0.3, -0.25) is 4.79 Å². The second-order valence-electron chi connectivity index (χ2n) is 6.83. The van der Waals surface area contributed by atoms with Crippen LogP contribution in [0.25, 0.3) is 11.0 Å². The number of nitrogens with zero attached hydrogens (tertiary/aromatic N) is 4. The zero-order valence-corrected chi connectivity index (χ0v) is 17.3. The van der Waals surface area contributed by atoms with Crippen LogP contribution in [0.1, 0.15) is 17.8 Å². The summed E-state index contributed by atoms with van der Waals surface area (Å²) in [6.07, 6.45) is -4.71. The van der Waals surface area contributed by atoms with Crippen molar-refractivity contribution < 1.29 is 27.4 Å². The number of methoxy groups -OCH3 is 2. The van der Waals surface area contributed by atoms with E-state index in [4.69, 9.17) is 9.47 Å². The minimum Gasteiger partial charge on any atom is -0.494 e. The molecule has 160 valence electrons. The fraction of sp³-hybridized carbons (Fsp3) is 0.526. The maximum absolute atomic E-state index is 13.3. The Labute approximate surface area is 167 Å². The molecule has 0 unspecified atom stereocenters. The molecule has 0 aliphatic carbocycles. The van der Waals surface area contributed by atoms with Gasteiger partial charge in [-0.25, -0.2) is 9.97 Å². The summed E-state index contributed by atoms with van der Waals surface area (Å²) in [5, 5.41) is 0. The van der Waals surface area contributed by atoms with Crippen LogP contribution in [-0.2, 0) is 4.79 Å². The second-order valence-corrected chi connectivity index (χ2v) is 6.83. The summed E-state index contributed by atoms with van der Waals surface area (Å²) in [6, 6.07) is 1.34. The number of amides is 1. The van der Waals surface area contributed by atoms with Gasteiger partial charge in [0.1, 0.15) is 16.8 Å². The predicted molar refractivity (Wildman–Crippen MR) is 104 cm³/mol. The number of halogens is 3. The number of carbonyl (C=O) groups excluding carboxylic acids is 1. The fourth-order valence-electron chi connectivity index (χ4n) is 2.90. The molecule has 7 nitrogen and oxygen atoms in total. The van der Waals surface area contributed by atoms with Crippen LogP contribution in [0.5, 0.6) is 11.5 Å². The standard InChI is InChI=1S/C19H25F3N4O3/c1-11-12(2)24-16-15(23-11)14(28-5)10-13(17(16)29-6)26(9-7-8-25(3)4)18(27)19(20,21)22/h10H,7-9H2,1-6H3. The van der Waals surface area contributed by atoms with Gasteiger partial charge >= 0.3 is 12.1 Å². The van der Waals surface area contributed by atoms with E-state index in [9.17, 15) is 18.0 Å². The molecule has 1 aromatic heterocycles. The second kappa shape index (κ2) is 8.81. The van der Waals surface area contributed by atoms with Crippen LogP contribution in [0, 0.1) is 13.8 Å². The molecule has 29 heavy (non-hydrogen) atoms. The average molecular weight is 414 g/mol. The van der Waals surface area contributed by atoms with E-state index in [-0.39, 0.29) is 29.2 Å². The first-order valence-electron chi connectivity index (χ1n) is 8.94. The van der Waals surface area contributed by atoms with E-state index in [2.05, 4.69) is 9.97 Å². The summed E-state index contributed by atoms with van der Waals surface area (Å²) in [5.74, 6) is -1.73. The van der Waals surface area contributed by atoms with Gasteiger partial charge in [-0.05, 0) is 40.9 Å². The minimum atomic E-state index is -5.04. The SMILES string of the molecule is COc1cc(N(CCCN(C)C)C(=O)C(F)(F)F)c(OC)c2nc(C)c(C)nc12. The van der Waals surface area contributed by atoms with E-state index in [0.29, 0.717) is 34.8 Å². The van der Waals surface area contributed by atoms with Crippen molar-refractivity contribution in [2.24, 2.45) is 0 Å². The van der Waals surface area contributed by atoms with Crippen molar-refractivity contribution >= 4 is 22.6 Å². The topological polar surface area (TPSA) is 67.8 Å². The summed E-state index contributed by atoms with van der Waals surface area (Å²) in [7, 11) is 6.30. The van der Waals surface area contributed by atoms with Crippen LogP contribution in [0.15, 0.2) is 6.07 Å². The Balaban J connectivity index is 2.72. The number of fused-ring (bicyclic) bond motifs is 1. The van der Waals surface area contributed by atoms with Gasteiger partial charge in [0.25, 0.3) is 0 Å². The van der Waals surface area contributed by atoms with Gasteiger partial charge in [0.05, 0.1) is 31.3 Å².